The van der Waals surface area contributed by atoms with Gasteiger partial charge in [0.25, 0.3) is 0 Å². The van der Waals surface area contributed by atoms with Crippen LogP contribution in [0.4, 0.5) is 0 Å². The summed E-state index contributed by atoms with van der Waals surface area (Å²) in [5, 5.41) is 0. The molecule has 18 heavy (non-hydrogen) atoms. The molecule has 0 atom stereocenters. The van der Waals surface area contributed by atoms with Crippen LogP contribution in [0.5, 0.6) is 5.75 Å². The zero-order chi connectivity index (χ0) is 13.5. The number of halogens is 1. The molecule has 0 heterocycles. The van der Waals surface area contributed by atoms with Gasteiger partial charge in [0, 0.05) is 25.9 Å². The zero-order valence-electron chi connectivity index (χ0n) is 11.2. The summed E-state index contributed by atoms with van der Waals surface area (Å²) in [4.78, 5) is 13.3. The van der Waals surface area contributed by atoms with Crippen molar-refractivity contribution in [1.29, 1.82) is 0 Å². The maximum atomic E-state index is 11.6. The molecule has 3 nitrogen and oxygen atoms in total. The van der Waals surface area contributed by atoms with Crippen molar-refractivity contribution >= 4 is 17.5 Å². The van der Waals surface area contributed by atoms with Crippen LogP contribution in [0.15, 0.2) is 18.2 Å². The summed E-state index contributed by atoms with van der Waals surface area (Å²) >= 11 is 5.57. The molecule has 0 spiro atoms. The Kier molecular flexibility index (Phi) is 5.99. The number of carbonyl (C=O) groups excluding carboxylic acids is 1. The number of methoxy groups -OCH3 is 1. The highest BCUT2D eigenvalue weighted by Gasteiger charge is 2.09. The number of hydrogen-bond donors (Lipinski definition) is 0. The Labute approximate surface area is 114 Å². The molecule has 0 aliphatic heterocycles. The third-order valence-electron chi connectivity index (χ3n) is 2.88. The van der Waals surface area contributed by atoms with E-state index in [2.05, 4.69) is 13.0 Å². The highest BCUT2D eigenvalue weighted by molar-refractivity contribution is 6.18. The van der Waals surface area contributed by atoms with Crippen molar-refractivity contribution in [1.82, 2.24) is 4.90 Å². The molecular weight excluding hydrogens is 250 g/mol. The fourth-order valence-corrected chi connectivity index (χ4v) is 2.00. The van der Waals surface area contributed by atoms with Crippen molar-refractivity contribution in [3.63, 3.8) is 0 Å². The minimum atomic E-state index is 0.0684. The molecule has 0 bridgehead atoms. The summed E-state index contributed by atoms with van der Waals surface area (Å²) in [6.07, 6.45) is 1.30. The molecule has 0 saturated carbocycles. The molecule has 4 heteroatoms. The van der Waals surface area contributed by atoms with E-state index in [1.165, 1.54) is 0 Å². The maximum Gasteiger partial charge on any atom is 0.223 e. The van der Waals surface area contributed by atoms with Crippen LogP contribution in [0.2, 0.25) is 0 Å². The number of aryl methyl sites for hydroxylation is 1. The predicted octanol–water partition coefficient (Wildman–Crippen LogP) is 2.84. The zero-order valence-corrected chi connectivity index (χ0v) is 12.0. The number of alkyl halides is 1. The second-order valence-corrected chi connectivity index (χ2v) is 4.57. The van der Waals surface area contributed by atoms with E-state index in [9.17, 15) is 4.79 Å². The fraction of sp³-hybridized carbons (Fsp3) is 0.500. The van der Waals surface area contributed by atoms with Crippen LogP contribution in [-0.4, -0.2) is 30.8 Å². The smallest absolute Gasteiger partial charge is 0.223 e. The summed E-state index contributed by atoms with van der Waals surface area (Å²) in [5.74, 6) is 1.33. The highest BCUT2D eigenvalue weighted by Crippen LogP contribution is 2.21. The lowest BCUT2D eigenvalue weighted by Crippen LogP contribution is -2.26. The fourth-order valence-electron chi connectivity index (χ4n) is 1.84. The van der Waals surface area contributed by atoms with Gasteiger partial charge in [-0.2, -0.15) is 0 Å². The van der Waals surface area contributed by atoms with E-state index in [0.29, 0.717) is 18.8 Å². The first-order valence-electron chi connectivity index (χ1n) is 6.08. The lowest BCUT2D eigenvalue weighted by molar-refractivity contribution is -0.129. The lowest BCUT2D eigenvalue weighted by Gasteiger charge is -2.18. The molecule has 1 aromatic carbocycles. The monoisotopic (exact) mass is 269 g/mol. The third-order valence-corrected chi connectivity index (χ3v) is 3.07. The Morgan fingerprint density at radius 2 is 2.17 bits per heavy atom. The molecular formula is C14H20ClNO2. The van der Waals surface area contributed by atoms with Crippen molar-refractivity contribution < 1.29 is 9.53 Å². The van der Waals surface area contributed by atoms with Gasteiger partial charge in [0.2, 0.25) is 5.91 Å². The van der Waals surface area contributed by atoms with Gasteiger partial charge in [-0.05, 0) is 23.6 Å². The molecule has 1 amide bonds. The minimum Gasteiger partial charge on any atom is -0.496 e. The van der Waals surface area contributed by atoms with Gasteiger partial charge in [0.05, 0.1) is 7.11 Å². The van der Waals surface area contributed by atoms with E-state index >= 15 is 0 Å². The molecule has 0 fully saturated rings. The lowest BCUT2D eigenvalue weighted by atomic mass is 10.1. The van der Waals surface area contributed by atoms with E-state index in [-0.39, 0.29) is 5.91 Å². The van der Waals surface area contributed by atoms with Crippen LogP contribution >= 0.6 is 11.6 Å². The molecule has 0 N–H and O–H groups in total. The number of hydrogen-bond acceptors (Lipinski definition) is 2. The summed E-state index contributed by atoms with van der Waals surface area (Å²) in [6, 6.07) is 6.03. The Morgan fingerprint density at radius 1 is 1.44 bits per heavy atom. The van der Waals surface area contributed by atoms with E-state index in [0.717, 1.165) is 23.3 Å². The predicted molar refractivity (Wildman–Crippen MR) is 74.2 cm³/mol. The summed E-state index contributed by atoms with van der Waals surface area (Å²) < 4.78 is 5.28. The molecule has 0 aliphatic carbocycles. The van der Waals surface area contributed by atoms with Gasteiger partial charge in [0.1, 0.15) is 5.75 Å². The summed E-state index contributed by atoms with van der Waals surface area (Å²) in [7, 11) is 3.47. The molecule has 0 unspecified atom stereocenters. The molecule has 0 radical (unpaired) electrons. The summed E-state index contributed by atoms with van der Waals surface area (Å²) in [5.41, 5.74) is 2.27. The molecule has 0 saturated heterocycles. The van der Waals surface area contributed by atoms with Crippen molar-refractivity contribution in [2.75, 3.05) is 20.0 Å². The number of carbonyl (C=O) groups is 1. The Hall–Kier alpha value is -1.22. The van der Waals surface area contributed by atoms with Gasteiger partial charge in [-0.1, -0.05) is 19.1 Å². The summed E-state index contributed by atoms with van der Waals surface area (Å²) in [6.45, 7) is 2.69. The van der Waals surface area contributed by atoms with E-state index in [4.69, 9.17) is 16.3 Å². The molecule has 0 aliphatic rings. The van der Waals surface area contributed by atoms with Crippen LogP contribution in [0.3, 0.4) is 0 Å². The molecule has 1 rings (SSSR count). The van der Waals surface area contributed by atoms with Crippen molar-refractivity contribution in [3.8, 4) is 5.75 Å². The van der Waals surface area contributed by atoms with E-state index < -0.39 is 0 Å². The number of amides is 1. The van der Waals surface area contributed by atoms with Gasteiger partial charge < -0.3 is 9.64 Å². The van der Waals surface area contributed by atoms with Crippen LogP contribution in [0.1, 0.15) is 24.5 Å². The van der Waals surface area contributed by atoms with E-state index in [1.54, 1.807) is 19.1 Å². The second kappa shape index (κ2) is 7.27. The Bertz CT molecular complexity index is 407. The minimum absolute atomic E-state index is 0.0684. The molecule has 1 aromatic rings. The number of rotatable bonds is 6. The van der Waals surface area contributed by atoms with Crippen molar-refractivity contribution in [2.45, 2.75) is 26.3 Å². The first kappa shape index (κ1) is 14.8. The largest absolute Gasteiger partial charge is 0.496 e. The van der Waals surface area contributed by atoms with Crippen molar-refractivity contribution in [2.24, 2.45) is 0 Å². The number of benzene rings is 1. The second-order valence-electron chi connectivity index (χ2n) is 4.19. The SMILES string of the molecule is CCc1cc(CN(C)C(=O)CCCl)ccc1OC. The highest BCUT2D eigenvalue weighted by atomic mass is 35.5. The van der Waals surface area contributed by atoms with E-state index in [1.807, 2.05) is 12.1 Å². The van der Waals surface area contributed by atoms with Gasteiger partial charge >= 0.3 is 0 Å². The van der Waals surface area contributed by atoms with Gasteiger partial charge in [-0.3, -0.25) is 4.79 Å². The average molecular weight is 270 g/mol. The van der Waals surface area contributed by atoms with Crippen molar-refractivity contribution in [3.05, 3.63) is 29.3 Å². The van der Waals surface area contributed by atoms with Crippen LogP contribution in [0, 0.1) is 0 Å². The van der Waals surface area contributed by atoms with Gasteiger partial charge in [-0.15, -0.1) is 11.6 Å². The molecule has 0 aromatic heterocycles. The third kappa shape index (κ3) is 3.91. The number of ether oxygens (including phenoxy) is 1. The Morgan fingerprint density at radius 3 is 2.72 bits per heavy atom. The molecule has 100 valence electrons. The Balaban J connectivity index is 2.76. The van der Waals surface area contributed by atoms with Gasteiger partial charge in [0.15, 0.2) is 0 Å². The quantitative estimate of drug-likeness (QED) is 0.743. The average Bonchev–Trinajstić information content (AvgIpc) is 2.38. The normalized spacial score (nSPS) is 10.2. The maximum absolute atomic E-state index is 11.6. The topological polar surface area (TPSA) is 29.5 Å². The first-order valence-corrected chi connectivity index (χ1v) is 6.61. The van der Waals surface area contributed by atoms with Crippen LogP contribution in [0.25, 0.3) is 0 Å². The van der Waals surface area contributed by atoms with Gasteiger partial charge in [-0.25, -0.2) is 0 Å². The van der Waals surface area contributed by atoms with Crippen LogP contribution < -0.4 is 4.74 Å². The van der Waals surface area contributed by atoms with Crippen LogP contribution in [-0.2, 0) is 17.8 Å². The standard InChI is InChI=1S/C14H20ClNO2/c1-4-12-9-11(5-6-13(12)18-3)10-16(2)14(17)7-8-15/h5-6,9H,4,7-8,10H2,1-3H3. The number of nitrogens with zero attached hydrogens (tertiary/aromatic N) is 1. The first-order chi connectivity index (χ1) is 8.62.